The van der Waals surface area contributed by atoms with Gasteiger partial charge in [-0.3, -0.25) is 9.59 Å². The molecule has 0 aliphatic carbocycles. The molecule has 2 aromatic rings. The van der Waals surface area contributed by atoms with Crippen molar-refractivity contribution in [2.45, 2.75) is 33.4 Å². The molecule has 2 amide bonds. The van der Waals surface area contributed by atoms with Crippen LogP contribution in [0.5, 0.6) is 0 Å². The van der Waals surface area contributed by atoms with Gasteiger partial charge in [-0.25, -0.2) is 0 Å². The van der Waals surface area contributed by atoms with Crippen LogP contribution in [-0.4, -0.2) is 17.9 Å². The van der Waals surface area contributed by atoms with Crippen LogP contribution in [-0.2, 0) is 6.54 Å². The maximum Gasteiger partial charge on any atom is 0.258 e. The smallest absolute Gasteiger partial charge is 0.258 e. The summed E-state index contributed by atoms with van der Waals surface area (Å²) in [6.45, 7) is 5.88. The fourth-order valence-corrected chi connectivity index (χ4v) is 2.09. The molecule has 4 N–H and O–H groups in total. The Kier molecular flexibility index (Phi) is 7.00. The molecule has 0 fully saturated rings. The lowest BCUT2D eigenvalue weighted by molar-refractivity contribution is 0.0941. The van der Waals surface area contributed by atoms with E-state index in [0.717, 1.165) is 5.56 Å². The minimum Gasteiger partial charge on any atom is -0.467 e. The van der Waals surface area contributed by atoms with Gasteiger partial charge in [0.2, 0.25) is 0 Å². The minimum atomic E-state index is -0.312. The number of furan rings is 1. The zero-order valence-electron chi connectivity index (χ0n) is 13.9. The summed E-state index contributed by atoms with van der Waals surface area (Å²) in [7, 11) is 0. The number of nitrogens with one attached hydrogen (secondary N) is 2. The molecule has 0 aliphatic heterocycles. The number of hydrogen-bond acceptors (Lipinski definition) is 4. The summed E-state index contributed by atoms with van der Waals surface area (Å²) in [6.07, 6.45) is 1.36. The van der Waals surface area contributed by atoms with E-state index in [1.54, 1.807) is 24.3 Å². The summed E-state index contributed by atoms with van der Waals surface area (Å²) in [4.78, 5) is 24.3. The highest BCUT2D eigenvalue weighted by atomic mass is 35.5. The Morgan fingerprint density at radius 2 is 1.92 bits per heavy atom. The number of carbonyl (C=O) groups excluding carboxylic acids is 2. The molecule has 2 rings (SSSR count). The molecule has 6 nitrogen and oxygen atoms in total. The van der Waals surface area contributed by atoms with E-state index in [-0.39, 0.29) is 36.8 Å². The monoisotopic (exact) mass is 351 g/mol. The van der Waals surface area contributed by atoms with Crippen LogP contribution >= 0.6 is 12.4 Å². The van der Waals surface area contributed by atoms with E-state index in [9.17, 15) is 9.59 Å². The quantitative estimate of drug-likeness (QED) is 0.771. The third-order valence-corrected chi connectivity index (χ3v) is 3.28. The van der Waals surface area contributed by atoms with E-state index in [1.807, 2.05) is 20.8 Å². The van der Waals surface area contributed by atoms with Gasteiger partial charge in [-0.2, -0.15) is 0 Å². The zero-order chi connectivity index (χ0) is 17.0. The van der Waals surface area contributed by atoms with Gasteiger partial charge in [0.05, 0.1) is 12.1 Å². The van der Waals surface area contributed by atoms with E-state index in [4.69, 9.17) is 10.2 Å². The Hall–Kier alpha value is -2.31. The van der Waals surface area contributed by atoms with Crippen molar-refractivity contribution in [3.8, 4) is 0 Å². The van der Waals surface area contributed by atoms with Crippen molar-refractivity contribution in [3.63, 3.8) is 0 Å². The third-order valence-electron chi connectivity index (χ3n) is 3.28. The van der Waals surface area contributed by atoms with Crippen molar-refractivity contribution in [2.75, 3.05) is 5.32 Å². The Balaban J connectivity index is 0.00000288. The maximum absolute atomic E-state index is 12.2. The number of aryl methyl sites for hydroxylation is 1. The summed E-state index contributed by atoms with van der Waals surface area (Å²) < 4.78 is 5.15. The molecule has 1 aromatic carbocycles. The number of hydrogen-bond donors (Lipinski definition) is 3. The van der Waals surface area contributed by atoms with Gasteiger partial charge in [-0.15, -0.1) is 12.4 Å². The molecule has 0 radical (unpaired) electrons. The zero-order valence-corrected chi connectivity index (χ0v) is 14.7. The number of halogens is 1. The van der Waals surface area contributed by atoms with Crippen LogP contribution in [0.4, 0.5) is 5.69 Å². The molecule has 0 atom stereocenters. The summed E-state index contributed by atoms with van der Waals surface area (Å²) >= 11 is 0. The second kappa shape index (κ2) is 8.52. The van der Waals surface area contributed by atoms with Gasteiger partial charge < -0.3 is 20.8 Å². The first kappa shape index (κ1) is 19.7. The molecule has 0 unspecified atom stereocenters. The minimum absolute atomic E-state index is 0. The van der Waals surface area contributed by atoms with Crippen LogP contribution in [0.3, 0.4) is 0 Å². The maximum atomic E-state index is 12.2. The summed E-state index contributed by atoms with van der Waals surface area (Å²) in [5.74, 6) is 0.0610. The summed E-state index contributed by atoms with van der Waals surface area (Å²) in [5.41, 5.74) is 7.77. The van der Waals surface area contributed by atoms with Gasteiger partial charge in [-0.1, -0.05) is 6.07 Å². The molecular weight excluding hydrogens is 330 g/mol. The highest BCUT2D eigenvalue weighted by Crippen LogP contribution is 2.17. The van der Waals surface area contributed by atoms with Crippen LogP contribution in [0.1, 0.15) is 45.9 Å². The van der Waals surface area contributed by atoms with Crippen molar-refractivity contribution in [1.82, 2.24) is 5.32 Å². The van der Waals surface area contributed by atoms with Gasteiger partial charge in [-0.05, 0) is 44.5 Å². The summed E-state index contributed by atoms with van der Waals surface area (Å²) in [6, 6.07) is 6.85. The SMILES string of the molecule is Cc1ccc(NC(=O)c2coc(CN)c2)cc1C(=O)NC(C)C.Cl. The Morgan fingerprint density at radius 1 is 1.21 bits per heavy atom. The predicted molar refractivity (Wildman–Crippen MR) is 95.6 cm³/mol. The standard InChI is InChI=1S/C17H21N3O3.ClH/c1-10(2)19-17(22)15-7-13(5-4-11(15)3)20-16(21)12-6-14(8-18)23-9-12;/h4-7,9-10H,8,18H2,1-3H3,(H,19,22)(H,20,21);1H. The van der Waals surface area contributed by atoms with Gasteiger partial charge in [0.15, 0.2) is 0 Å². The van der Waals surface area contributed by atoms with Crippen molar-refractivity contribution >= 4 is 29.9 Å². The van der Waals surface area contributed by atoms with E-state index in [0.29, 0.717) is 22.6 Å². The largest absolute Gasteiger partial charge is 0.467 e. The van der Waals surface area contributed by atoms with Crippen LogP contribution in [0.25, 0.3) is 0 Å². The van der Waals surface area contributed by atoms with Gasteiger partial charge >= 0.3 is 0 Å². The second-order valence-electron chi connectivity index (χ2n) is 5.62. The van der Waals surface area contributed by atoms with Crippen molar-refractivity contribution in [3.05, 3.63) is 53.0 Å². The third kappa shape index (κ3) is 4.84. The second-order valence-corrected chi connectivity index (χ2v) is 5.62. The lowest BCUT2D eigenvalue weighted by Gasteiger charge is -2.12. The highest BCUT2D eigenvalue weighted by Gasteiger charge is 2.14. The number of benzene rings is 1. The molecule has 1 heterocycles. The predicted octanol–water partition coefficient (Wildman–Crippen LogP) is 2.86. The number of amides is 2. The molecule has 0 saturated heterocycles. The van der Waals surface area contributed by atoms with E-state index < -0.39 is 0 Å². The Bertz CT molecular complexity index is 726. The Morgan fingerprint density at radius 3 is 2.50 bits per heavy atom. The van der Waals surface area contributed by atoms with Crippen LogP contribution in [0, 0.1) is 6.92 Å². The molecule has 1 aromatic heterocycles. The average molecular weight is 352 g/mol. The topological polar surface area (TPSA) is 97.4 Å². The van der Waals surface area contributed by atoms with E-state index >= 15 is 0 Å². The lowest BCUT2D eigenvalue weighted by atomic mass is 10.1. The molecule has 0 aliphatic rings. The summed E-state index contributed by atoms with van der Waals surface area (Å²) in [5, 5.41) is 5.59. The first-order chi connectivity index (χ1) is 10.9. The van der Waals surface area contributed by atoms with Gasteiger partial charge in [0.1, 0.15) is 12.0 Å². The first-order valence-electron chi connectivity index (χ1n) is 7.41. The van der Waals surface area contributed by atoms with Crippen LogP contribution in [0.2, 0.25) is 0 Å². The van der Waals surface area contributed by atoms with Crippen molar-refractivity contribution in [2.24, 2.45) is 5.73 Å². The average Bonchev–Trinajstić information content (AvgIpc) is 2.97. The molecule has 0 bridgehead atoms. The molecule has 0 spiro atoms. The molecule has 7 heteroatoms. The number of rotatable bonds is 5. The molecular formula is C17H22ClN3O3. The molecule has 130 valence electrons. The van der Waals surface area contributed by atoms with Crippen LogP contribution in [0.15, 0.2) is 34.9 Å². The normalized spacial score (nSPS) is 10.2. The first-order valence-corrected chi connectivity index (χ1v) is 7.41. The number of anilines is 1. The lowest BCUT2D eigenvalue weighted by Crippen LogP contribution is -2.30. The molecule has 0 saturated carbocycles. The molecule has 24 heavy (non-hydrogen) atoms. The fourth-order valence-electron chi connectivity index (χ4n) is 2.09. The highest BCUT2D eigenvalue weighted by molar-refractivity contribution is 6.05. The van der Waals surface area contributed by atoms with Gasteiger partial charge in [0, 0.05) is 17.3 Å². The Labute approximate surface area is 147 Å². The van der Waals surface area contributed by atoms with Crippen LogP contribution < -0.4 is 16.4 Å². The van der Waals surface area contributed by atoms with Gasteiger partial charge in [0.25, 0.3) is 11.8 Å². The number of carbonyl (C=O) groups is 2. The van der Waals surface area contributed by atoms with Crippen molar-refractivity contribution < 1.29 is 14.0 Å². The van der Waals surface area contributed by atoms with E-state index in [1.165, 1.54) is 6.26 Å². The van der Waals surface area contributed by atoms with Crippen molar-refractivity contribution in [1.29, 1.82) is 0 Å². The number of nitrogens with two attached hydrogens (primary N) is 1. The fraction of sp³-hybridized carbons (Fsp3) is 0.294. The van der Waals surface area contributed by atoms with E-state index in [2.05, 4.69) is 10.6 Å².